The molecule has 0 aromatic heterocycles. The molecule has 1 amide bonds. The number of hydrogen-bond acceptors (Lipinski definition) is 10. The molecular formula is C14H25NO10. The van der Waals surface area contributed by atoms with Gasteiger partial charge < -0.3 is 50.2 Å². The average molecular weight is 367 g/mol. The quantitative estimate of drug-likeness (QED) is 0.207. The molecule has 25 heavy (non-hydrogen) atoms. The van der Waals surface area contributed by atoms with Gasteiger partial charge in [-0.1, -0.05) is 0 Å². The van der Waals surface area contributed by atoms with Gasteiger partial charge in [-0.05, 0) is 6.92 Å². The molecule has 0 aromatic rings. The van der Waals surface area contributed by atoms with Gasteiger partial charge in [0.2, 0.25) is 5.91 Å². The fourth-order valence-corrected chi connectivity index (χ4v) is 2.32. The van der Waals surface area contributed by atoms with E-state index in [0.717, 1.165) is 6.92 Å². The zero-order valence-corrected chi connectivity index (χ0v) is 13.8. The highest BCUT2D eigenvalue weighted by Gasteiger charge is 2.43. The molecule has 11 heteroatoms. The molecule has 1 heterocycles. The number of carbonyl (C=O) groups is 2. The highest BCUT2D eigenvalue weighted by atomic mass is 16.7. The van der Waals surface area contributed by atoms with Gasteiger partial charge in [-0.15, -0.1) is 0 Å². The van der Waals surface area contributed by atoms with E-state index in [1.165, 1.54) is 6.92 Å². The van der Waals surface area contributed by atoms with Crippen LogP contribution in [0.4, 0.5) is 0 Å². The SMILES string of the molecule is CC(=O)NC(C=O)C(O)C(O)C(O)COC1OC(C)C(O)C(O)C1O. The minimum atomic E-state index is -1.85. The predicted octanol–water partition coefficient (Wildman–Crippen LogP) is -4.38. The summed E-state index contributed by atoms with van der Waals surface area (Å²) in [6.45, 7) is 1.92. The Morgan fingerprint density at radius 1 is 1.16 bits per heavy atom. The molecule has 0 radical (unpaired) electrons. The summed E-state index contributed by atoms with van der Waals surface area (Å²) in [5, 5.41) is 60.6. The van der Waals surface area contributed by atoms with Gasteiger partial charge in [0.05, 0.1) is 12.7 Å². The summed E-state index contributed by atoms with van der Waals surface area (Å²) in [7, 11) is 0. The van der Waals surface area contributed by atoms with E-state index < -0.39 is 67.6 Å². The van der Waals surface area contributed by atoms with E-state index in [0.29, 0.717) is 0 Å². The molecule has 0 aliphatic carbocycles. The van der Waals surface area contributed by atoms with Crippen molar-refractivity contribution in [2.75, 3.05) is 6.61 Å². The second-order valence-corrected chi connectivity index (χ2v) is 5.93. The summed E-state index contributed by atoms with van der Waals surface area (Å²) in [6.07, 6.45) is -11.8. The van der Waals surface area contributed by atoms with E-state index in [1.54, 1.807) is 0 Å². The lowest BCUT2D eigenvalue weighted by Crippen LogP contribution is -2.58. The molecule has 9 atom stereocenters. The number of amides is 1. The minimum absolute atomic E-state index is 0.205. The standard InChI is InChI=1S/C14H25NO10/c1-5-9(19)12(22)13(23)14(25-5)24-4-8(18)11(21)10(20)7(3-16)15-6(2)17/h3,5,7-14,18-23H,4H2,1-2H3,(H,15,17). The summed E-state index contributed by atoms with van der Waals surface area (Å²) >= 11 is 0. The molecule has 1 aliphatic heterocycles. The van der Waals surface area contributed by atoms with Crippen LogP contribution in [0.3, 0.4) is 0 Å². The van der Waals surface area contributed by atoms with Gasteiger partial charge >= 0.3 is 0 Å². The highest BCUT2D eigenvalue weighted by molar-refractivity contribution is 5.77. The molecule has 7 N–H and O–H groups in total. The first-order valence-corrected chi connectivity index (χ1v) is 7.68. The van der Waals surface area contributed by atoms with Crippen molar-refractivity contribution < 1.29 is 49.7 Å². The van der Waals surface area contributed by atoms with Crippen LogP contribution in [-0.4, -0.2) is 104 Å². The third-order valence-corrected chi connectivity index (χ3v) is 3.87. The average Bonchev–Trinajstić information content (AvgIpc) is 2.57. The van der Waals surface area contributed by atoms with E-state index in [1.807, 2.05) is 0 Å². The molecule has 146 valence electrons. The number of aliphatic hydroxyl groups excluding tert-OH is 6. The third-order valence-electron chi connectivity index (χ3n) is 3.87. The molecule has 1 fully saturated rings. The zero-order chi connectivity index (χ0) is 19.3. The van der Waals surface area contributed by atoms with Crippen molar-refractivity contribution in [1.82, 2.24) is 5.32 Å². The summed E-state index contributed by atoms with van der Waals surface area (Å²) in [6, 6.07) is -1.43. The summed E-state index contributed by atoms with van der Waals surface area (Å²) in [5.41, 5.74) is 0. The zero-order valence-electron chi connectivity index (χ0n) is 13.8. The normalized spacial score (nSPS) is 34.6. The Bertz CT molecular complexity index is 449. The predicted molar refractivity (Wildman–Crippen MR) is 80.0 cm³/mol. The summed E-state index contributed by atoms with van der Waals surface area (Å²) in [4.78, 5) is 21.8. The maximum atomic E-state index is 10.9. The lowest BCUT2D eigenvalue weighted by Gasteiger charge is -2.39. The molecule has 0 spiro atoms. The fourth-order valence-electron chi connectivity index (χ4n) is 2.32. The van der Waals surface area contributed by atoms with Gasteiger partial charge in [-0.2, -0.15) is 0 Å². The number of hydrogen-bond donors (Lipinski definition) is 7. The lowest BCUT2D eigenvalue weighted by molar-refractivity contribution is -0.299. The van der Waals surface area contributed by atoms with Crippen molar-refractivity contribution in [2.45, 2.75) is 68.9 Å². The number of rotatable bonds is 8. The van der Waals surface area contributed by atoms with E-state index in [4.69, 9.17) is 9.47 Å². The van der Waals surface area contributed by atoms with Gasteiger partial charge in [0.25, 0.3) is 0 Å². The topological polar surface area (TPSA) is 186 Å². The van der Waals surface area contributed by atoms with Crippen molar-refractivity contribution in [3.8, 4) is 0 Å². The Hall–Kier alpha value is -1.18. The van der Waals surface area contributed by atoms with Gasteiger partial charge in [-0.25, -0.2) is 0 Å². The summed E-state index contributed by atoms with van der Waals surface area (Å²) < 4.78 is 10.2. The van der Waals surface area contributed by atoms with E-state index in [9.17, 15) is 40.2 Å². The Labute approximate surface area is 143 Å². The molecule has 9 unspecified atom stereocenters. The maximum absolute atomic E-state index is 10.9. The van der Waals surface area contributed by atoms with Crippen LogP contribution in [0.5, 0.6) is 0 Å². The molecule has 0 aromatic carbocycles. The number of aldehydes is 1. The molecule has 11 nitrogen and oxygen atoms in total. The Balaban J connectivity index is 2.58. The van der Waals surface area contributed by atoms with Crippen LogP contribution in [0.15, 0.2) is 0 Å². The van der Waals surface area contributed by atoms with Crippen molar-refractivity contribution in [1.29, 1.82) is 0 Å². The Kier molecular flexibility index (Phi) is 8.31. The molecule has 0 bridgehead atoms. The van der Waals surface area contributed by atoms with Gasteiger partial charge in [0.1, 0.15) is 49.0 Å². The molecular weight excluding hydrogens is 342 g/mol. The number of nitrogens with one attached hydrogen (secondary N) is 1. The number of ether oxygens (including phenoxy) is 2. The van der Waals surface area contributed by atoms with Crippen LogP contribution in [0, 0.1) is 0 Å². The van der Waals surface area contributed by atoms with Gasteiger partial charge in [0, 0.05) is 6.92 Å². The highest BCUT2D eigenvalue weighted by Crippen LogP contribution is 2.22. The van der Waals surface area contributed by atoms with Crippen molar-refractivity contribution in [2.24, 2.45) is 0 Å². The van der Waals surface area contributed by atoms with Crippen LogP contribution in [0.25, 0.3) is 0 Å². The van der Waals surface area contributed by atoms with Crippen LogP contribution in [-0.2, 0) is 19.1 Å². The Morgan fingerprint density at radius 3 is 2.28 bits per heavy atom. The number of carbonyl (C=O) groups excluding carboxylic acids is 2. The second kappa shape index (κ2) is 9.50. The Morgan fingerprint density at radius 2 is 1.76 bits per heavy atom. The monoisotopic (exact) mass is 367 g/mol. The van der Waals surface area contributed by atoms with Crippen molar-refractivity contribution in [3.05, 3.63) is 0 Å². The van der Waals surface area contributed by atoms with E-state index >= 15 is 0 Å². The fraction of sp³-hybridized carbons (Fsp3) is 0.857. The molecule has 1 aliphatic rings. The van der Waals surface area contributed by atoms with E-state index in [-0.39, 0.29) is 6.29 Å². The lowest BCUT2D eigenvalue weighted by atomic mass is 10.00. The second-order valence-electron chi connectivity index (χ2n) is 5.93. The van der Waals surface area contributed by atoms with Crippen LogP contribution in [0.2, 0.25) is 0 Å². The molecule has 1 rings (SSSR count). The number of aliphatic hydroxyl groups is 6. The van der Waals surface area contributed by atoms with Crippen molar-refractivity contribution in [3.63, 3.8) is 0 Å². The first kappa shape index (κ1) is 21.9. The first-order valence-electron chi connectivity index (χ1n) is 7.68. The molecule has 1 saturated heterocycles. The molecule has 0 saturated carbocycles. The van der Waals surface area contributed by atoms with E-state index in [2.05, 4.69) is 5.32 Å². The van der Waals surface area contributed by atoms with Gasteiger partial charge in [-0.3, -0.25) is 4.79 Å². The summed E-state index contributed by atoms with van der Waals surface area (Å²) in [5.74, 6) is -0.616. The minimum Gasteiger partial charge on any atom is -0.388 e. The third kappa shape index (κ3) is 5.66. The van der Waals surface area contributed by atoms with Crippen LogP contribution in [0.1, 0.15) is 13.8 Å². The van der Waals surface area contributed by atoms with Crippen LogP contribution >= 0.6 is 0 Å². The first-order chi connectivity index (χ1) is 11.6. The smallest absolute Gasteiger partial charge is 0.217 e. The largest absolute Gasteiger partial charge is 0.388 e. The van der Waals surface area contributed by atoms with Crippen LogP contribution < -0.4 is 5.32 Å². The van der Waals surface area contributed by atoms with Gasteiger partial charge in [0.15, 0.2) is 6.29 Å². The maximum Gasteiger partial charge on any atom is 0.217 e. The van der Waals surface area contributed by atoms with Crippen molar-refractivity contribution >= 4 is 12.2 Å².